The molecule has 26 heavy (non-hydrogen) atoms. The quantitative estimate of drug-likeness (QED) is 0.775. The molecule has 3 rings (SSSR count). The van der Waals surface area contributed by atoms with Crippen molar-refractivity contribution in [1.82, 2.24) is 4.72 Å². The van der Waals surface area contributed by atoms with E-state index in [0.717, 1.165) is 5.56 Å². The summed E-state index contributed by atoms with van der Waals surface area (Å²) in [7, 11) is -3.60. The number of hydrogen-bond donors (Lipinski definition) is 2. The molecule has 0 spiro atoms. The van der Waals surface area contributed by atoms with E-state index >= 15 is 0 Å². The molecule has 1 aliphatic heterocycles. The Hall–Kier alpha value is -2.09. The molecule has 140 valence electrons. The molecule has 0 aromatic heterocycles. The summed E-state index contributed by atoms with van der Waals surface area (Å²) in [5, 5.41) is 10.3. The van der Waals surface area contributed by atoms with Gasteiger partial charge < -0.3 is 14.6 Å². The molecule has 2 aromatic rings. The molecule has 6 nitrogen and oxygen atoms in total. The van der Waals surface area contributed by atoms with E-state index in [4.69, 9.17) is 9.47 Å². The van der Waals surface area contributed by atoms with Gasteiger partial charge in [-0.25, -0.2) is 13.1 Å². The molecule has 0 amide bonds. The maximum absolute atomic E-state index is 12.4. The summed E-state index contributed by atoms with van der Waals surface area (Å²) in [6, 6.07) is 12.0. The van der Waals surface area contributed by atoms with Crippen LogP contribution in [0.25, 0.3) is 0 Å². The molecular formula is C19H23NO5S. The summed E-state index contributed by atoms with van der Waals surface area (Å²) in [6.07, 6.45) is -0.543. The van der Waals surface area contributed by atoms with Gasteiger partial charge in [0, 0.05) is 6.54 Å². The van der Waals surface area contributed by atoms with Crippen molar-refractivity contribution in [2.24, 2.45) is 0 Å². The van der Waals surface area contributed by atoms with E-state index < -0.39 is 16.1 Å². The fraction of sp³-hybridized carbons (Fsp3) is 0.368. The van der Waals surface area contributed by atoms with Crippen LogP contribution >= 0.6 is 0 Å². The number of sulfonamides is 1. The van der Waals surface area contributed by atoms with Crippen LogP contribution in [0.1, 0.15) is 43.4 Å². The van der Waals surface area contributed by atoms with Gasteiger partial charge in [-0.15, -0.1) is 0 Å². The maximum atomic E-state index is 12.4. The lowest BCUT2D eigenvalue weighted by Crippen LogP contribution is -2.26. The molecule has 1 aliphatic rings. The average Bonchev–Trinajstić information content (AvgIpc) is 3.09. The zero-order valence-corrected chi connectivity index (χ0v) is 15.6. The first-order valence-corrected chi connectivity index (χ1v) is 10.0. The van der Waals surface area contributed by atoms with Crippen molar-refractivity contribution in [1.29, 1.82) is 0 Å². The minimum atomic E-state index is -3.60. The van der Waals surface area contributed by atoms with Gasteiger partial charge in [-0.3, -0.25) is 0 Å². The summed E-state index contributed by atoms with van der Waals surface area (Å²) < 4.78 is 37.8. The Morgan fingerprint density at radius 1 is 1.04 bits per heavy atom. The molecule has 0 aliphatic carbocycles. The molecule has 7 heteroatoms. The molecule has 0 saturated carbocycles. The van der Waals surface area contributed by atoms with Gasteiger partial charge in [0.05, 0.1) is 11.0 Å². The number of nitrogens with one attached hydrogen (secondary N) is 1. The van der Waals surface area contributed by atoms with Crippen LogP contribution in [0.2, 0.25) is 0 Å². The van der Waals surface area contributed by atoms with Crippen LogP contribution < -0.4 is 14.2 Å². The van der Waals surface area contributed by atoms with Crippen LogP contribution in [0.15, 0.2) is 47.4 Å². The highest BCUT2D eigenvalue weighted by atomic mass is 32.2. The SMILES string of the molecule is CC(C)c1ccc(S(=O)(=O)NCCC(O)c2ccc3c(c2)OCO3)cc1. The lowest BCUT2D eigenvalue weighted by Gasteiger charge is -2.13. The molecule has 0 saturated heterocycles. The summed E-state index contributed by atoms with van der Waals surface area (Å²) >= 11 is 0. The molecule has 0 radical (unpaired) electrons. The second-order valence-electron chi connectivity index (χ2n) is 6.54. The van der Waals surface area contributed by atoms with Crippen LogP contribution in [0, 0.1) is 0 Å². The Kier molecular flexibility index (Phi) is 5.50. The summed E-state index contributed by atoms with van der Waals surface area (Å²) in [6.45, 7) is 4.41. The third kappa shape index (κ3) is 4.17. The van der Waals surface area contributed by atoms with Gasteiger partial charge in [0.25, 0.3) is 0 Å². The lowest BCUT2D eigenvalue weighted by molar-refractivity contribution is 0.166. The highest BCUT2D eigenvalue weighted by Crippen LogP contribution is 2.34. The molecule has 0 fully saturated rings. The Bertz CT molecular complexity index is 862. The number of aliphatic hydroxyl groups excluding tert-OH is 1. The van der Waals surface area contributed by atoms with Crippen LogP contribution in [0.3, 0.4) is 0 Å². The van der Waals surface area contributed by atoms with E-state index in [1.54, 1.807) is 30.3 Å². The predicted molar refractivity (Wildman–Crippen MR) is 97.9 cm³/mol. The Balaban J connectivity index is 1.58. The average molecular weight is 377 g/mol. The number of benzene rings is 2. The van der Waals surface area contributed by atoms with Crippen LogP contribution in [-0.2, 0) is 10.0 Å². The highest BCUT2D eigenvalue weighted by Gasteiger charge is 2.18. The highest BCUT2D eigenvalue weighted by molar-refractivity contribution is 7.89. The van der Waals surface area contributed by atoms with E-state index in [0.29, 0.717) is 23.0 Å². The fourth-order valence-corrected chi connectivity index (χ4v) is 3.78. The number of rotatable bonds is 7. The largest absolute Gasteiger partial charge is 0.454 e. The molecular weight excluding hydrogens is 354 g/mol. The van der Waals surface area contributed by atoms with E-state index in [2.05, 4.69) is 18.6 Å². The van der Waals surface area contributed by atoms with Crippen LogP contribution in [0.4, 0.5) is 0 Å². The van der Waals surface area contributed by atoms with Gasteiger partial charge in [-0.1, -0.05) is 32.0 Å². The molecule has 1 atom stereocenters. The Morgan fingerprint density at radius 3 is 2.38 bits per heavy atom. The molecule has 2 aromatic carbocycles. The first kappa shape index (κ1) is 18.7. The monoisotopic (exact) mass is 377 g/mol. The Labute approximate surface area is 153 Å². The van der Waals surface area contributed by atoms with E-state index in [-0.39, 0.29) is 24.7 Å². The maximum Gasteiger partial charge on any atom is 0.240 e. The molecule has 1 heterocycles. The zero-order valence-electron chi connectivity index (χ0n) is 14.8. The van der Waals surface area contributed by atoms with Crippen molar-refractivity contribution < 1.29 is 23.0 Å². The van der Waals surface area contributed by atoms with Gasteiger partial charge in [0.2, 0.25) is 16.8 Å². The van der Waals surface area contributed by atoms with Crippen LogP contribution in [-0.4, -0.2) is 26.9 Å². The second kappa shape index (κ2) is 7.65. The minimum absolute atomic E-state index is 0.129. The normalized spacial score (nSPS) is 14.6. The fourth-order valence-electron chi connectivity index (χ4n) is 2.73. The van der Waals surface area contributed by atoms with Crippen molar-refractivity contribution in [3.8, 4) is 11.5 Å². The number of hydrogen-bond acceptors (Lipinski definition) is 5. The van der Waals surface area contributed by atoms with Crippen LogP contribution in [0.5, 0.6) is 11.5 Å². The molecule has 2 N–H and O–H groups in total. The van der Waals surface area contributed by atoms with Crippen molar-refractivity contribution in [2.75, 3.05) is 13.3 Å². The van der Waals surface area contributed by atoms with Gasteiger partial charge in [0.15, 0.2) is 11.5 Å². The summed E-state index contributed by atoms with van der Waals surface area (Å²) in [5.74, 6) is 1.58. The predicted octanol–water partition coefficient (Wildman–Crippen LogP) is 2.94. The van der Waals surface area contributed by atoms with E-state index in [1.165, 1.54) is 0 Å². The molecule has 0 bridgehead atoms. The standard InChI is InChI=1S/C19H23NO5S/c1-13(2)14-3-6-16(7-4-14)26(22,23)20-10-9-17(21)15-5-8-18-19(11-15)25-12-24-18/h3-8,11,13,17,20-21H,9-10,12H2,1-2H3. The Morgan fingerprint density at radius 2 is 1.69 bits per heavy atom. The number of aliphatic hydroxyl groups is 1. The first-order valence-electron chi connectivity index (χ1n) is 8.54. The van der Waals surface area contributed by atoms with Crippen molar-refractivity contribution >= 4 is 10.0 Å². The van der Waals surface area contributed by atoms with Crippen molar-refractivity contribution in [3.63, 3.8) is 0 Å². The van der Waals surface area contributed by atoms with Gasteiger partial charge >= 0.3 is 0 Å². The van der Waals surface area contributed by atoms with Gasteiger partial charge in [-0.05, 0) is 47.7 Å². The molecule has 1 unspecified atom stereocenters. The van der Waals surface area contributed by atoms with E-state index in [9.17, 15) is 13.5 Å². The zero-order chi connectivity index (χ0) is 18.7. The van der Waals surface area contributed by atoms with Gasteiger partial charge in [-0.2, -0.15) is 0 Å². The topological polar surface area (TPSA) is 84.9 Å². The second-order valence-corrected chi connectivity index (χ2v) is 8.31. The summed E-state index contributed by atoms with van der Waals surface area (Å²) in [4.78, 5) is 0.222. The summed E-state index contributed by atoms with van der Waals surface area (Å²) in [5.41, 5.74) is 1.75. The minimum Gasteiger partial charge on any atom is -0.454 e. The van der Waals surface area contributed by atoms with Crippen molar-refractivity contribution in [2.45, 2.75) is 37.2 Å². The lowest BCUT2D eigenvalue weighted by atomic mass is 10.0. The third-order valence-electron chi connectivity index (χ3n) is 4.35. The number of ether oxygens (including phenoxy) is 2. The van der Waals surface area contributed by atoms with E-state index in [1.807, 2.05) is 12.1 Å². The third-order valence-corrected chi connectivity index (χ3v) is 5.83. The smallest absolute Gasteiger partial charge is 0.240 e. The van der Waals surface area contributed by atoms with Crippen molar-refractivity contribution in [3.05, 3.63) is 53.6 Å². The first-order chi connectivity index (χ1) is 12.4. The van der Waals surface area contributed by atoms with Gasteiger partial charge in [0.1, 0.15) is 0 Å². The number of fused-ring (bicyclic) bond motifs is 1.